The molecule has 1 heterocycles. The van der Waals surface area contributed by atoms with Crippen LogP contribution in [0.3, 0.4) is 0 Å². The highest BCUT2D eigenvalue weighted by atomic mass is 28.3. The van der Waals surface area contributed by atoms with Crippen molar-refractivity contribution in [2.45, 2.75) is 110 Å². The average Bonchev–Trinajstić information content (AvgIpc) is 3.24. The highest BCUT2D eigenvalue weighted by Gasteiger charge is 2.40. The monoisotopic (exact) mass is 392 g/mol. The van der Waals surface area contributed by atoms with Crippen molar-refractivity contribution in [2.24, 2.45) is 5.92 Å². The predicted octanol–water partition coefficient (Wildman–Crippen LogP) is 6.74. The van der Waals surface area contributed by atoms with E-state index in [1.807, 2.05) is 6.26 Å². The fourth-order valence-corrected chi connectivity index (χ4v) is 5.57. The van der Waals surface area contributed by atoms with Gasteiger partial charge in [0, 0.05) is 12.5 Å². The van der Waals surface area contributed by atoms with Gasteiger partial charge in [0.15, 0.2) is 0 Å². The molecular weight excluding hydrogens is 352 g/mol. The van der Waals surface area contributed by atoms with Crippen LogP contribution < -0.4 is 5.38 Å². The van der Waals surface area contributed by atoms with E-state index in [1.54, 1.807) is 0 Å². The van der Waals surface area contributed by atoms with Gasteiger partial charge in [-0.05, 0) is 29.9 Å². The van der Waals surface area contributed by atoms with E-state index in [4.69, 9.17) is 9.15 Å². The Morgan fingerprint density at radius 3 is 2.48 bits per heavy atom. The Bertz CT molecular complexity index is 591. The van der Waals surface area contributed by atoms with Gasteiger partial charge in [0.25, 0.3) is 0 Å². The van der Waals surface area contributed by atoms with Gasteiger partial charge < -0.3 is 9.15 Å². The minimum Gasteiger partial charge on any atom is -0.474 e. The van der Waals surface area contributed by atoms with Crippen molar-refractivity contribution >= 4 is 19.4 Å². The molecule has 1 aliphatic carbocycles. The minimum absolute atomic E-state index is 0.170. The number of rotatable bonds is 9. The van der Waals surface area contributed by atoms with Crippen LogP contribution in [0.2, 0.25) is 18.1 Å². The molecule has 27 heavy (non-hydrogen) atoms. The van der Waals surface area contributed by atoms with Gasteiger partial charge >= 0.3 is 5.97 Å². The van der Waals surface area contributed by atoms with Gasteiger partial charge in [-0.3, -0.25) is 4.79 Å². The molecule has 1 aromatic rings. The molecule has 0 amide bonds. The van der Waals surface area contributed by atoms with E-state index in [1.165, 1.54) is 51.9 Å². The summed E-state index contributed by atoms with van der Waals surface area (Å²) in [6.07, 6.45) is 13.3. The van der Waals surface area contributed by atoms with Crippen LogP contribution in [0, 0.1) is 5.92 Å². The lowest BCUT2D eigenvalue weighted by molar-refractivity contribution is -0.147. The maximum absolute atomic E-state index is 11.6. The second-order valence-corrected chi connectivity index (χ2v) is 15.2. The van der Waals surface area contributed by atoms with E-state index in [-0.39, 0.29) is 17.1 Å². The molecule has 0 aromatic carbocycles. The van der Waals surface area contributed by atoms with Crippen LogP contribution in [0.4, 0.5) is 0 Å². The summed E-state index contributed by atoms with van der Waals surface area (Å²) in [6, 6.07) is 2.16. The first-order valence-corrected chi connectivity index (χ1v) is 13.9. The maximum atomic E-state index is 11.6. The highest BCUT2D eigenvalue weighted by Crippen LogP contribution is 2.36. The third kappa shape index (κ3) is 6.23. The third-order valence-electron chi connectivity index (χ3n) is 6.84. The van der Waals surface area contributed by atoms with E-state index in [0.717, 1.165) is 29.7 Å². The number of hydrogen-bond donors (Lipinski definition) is 0. The maximum Gasteiger partial charge on any atom is 0.303 e. The first-order chi connectivity index (χ1) is 12.6. The Balaban J connectivity index is 1.92. The van der Waals surface area contributed by atoms with Crippen molar-refractivity contribution in [2.75, 3.05) is 0 Å². The van der Waals surface area contributed by atoms with Crippen LogP contribution >= 0.6 is 0 Å². The second kappa shape index (κ2) is 9.44. The topological polar surface area (TPSA) is 39.4 Å². The third-order valence-corrected chi connectivity index (χ3v) is 12.1. The summed E-state index contributed by atoms with van der Waals surface area (Å²) < 4.78 is 11.6. The van der Waals surface area contributed by atoms with E-state index >= 15 is 0 Å². The molecule has 2 rings (SSSR count). The van der Waals surface area contributed by atoms with E-state index in [0.29, 0.717) is 0 Å². The van der Waals surface area contributed by atoms with E-state index in [9.17, 15) is 4.79 Å². The summed E-state index contributed by atoms with van der Waals surface area (Å²) in [6.45, 7) is 13.1. The molecule has 0 radical (unpaired) electrons. The average molecular weight is 393 g/mol. The zero-order chi connectivity index (χ0) is 20.1. The SMILES string of the molecule is CC(=O)OC(CCCCCC1CCCC1)c1coc([Si](C)(C)C(C)(C)C)c1. The van der Waals surface area contributed by atoms with Crippen molar-refractivity contribution in [1.82, 2.24) is 0 Å². The largest absolute Gasteiger partial charge is 0.474 e. The summed E-state index contributed by atoms with van der Waals surface area (Å²) in [4.78, 5) is 11.6. The number of ether oxygens (including phenoxy) is 1. The highest BCUT2D eigenvalue weighted by molar-refractivity contribution is 6.91. The molecule has 3 nitrogen and oxygen atoms in total. The second-order valence-electron chi connectivity index (χ2n) is 10.0. The fourth-order valence-electron chi connectivity index (χ4n) is 3.95. The van der Waals surface area contributed by atoms with Crippen molar-refractivity contribution in [3.63, 3.8) is 0 Å². The summed E-state index contributed by atoms with van der Waals surface area (Å²) in [5.41, 5.74) is 1.03. The van der Waals surface area contributed by atoms with Gasteiger partial charge in [0.2, 0.25) is 0 Å². The molecule has 1 fully saturated rings. The van der Waals surface area contributed by atoms with Crippen LogP contribution in [0.25, 0.3) is 0 Å². The summed E-state index contributed by atoms with van der Waals surface area (Å²) >= 11 is 0. The molecule has 4 heteroatoms. The number of unbranched alkanes of at least 4 members (excludes halogenated alkanes) is 2. The molecule has 1 saturated carbocycles. The van der Waals surface area contributed by atoms with Crippen LogP contribution in [0.1, 0.15) is 97.1 Å². The quantitative estimate of drug-likeness (QED) is 0.265. The summed E-state index contributed by atoms with van der Waals surface area (Å²) in [5, 5.41) is 1.32. The molecule has 0 bridgehead atoms. The molecule has 154 valence electrons. The Hall–Kier alpha value is -1.03. The molecule has 0 spiro atoms. The zero-order valence-corrected chi connectivity index (χ0v) is 19.4. The number of esters is 1. The van der Waals surface area contributed by atoms with E-state index in [2.05, 4.69) is 39.9 Å². The van der Waals surface area contributed by atoms with Gasteiger partial charge in [0.1, 0.15) is 14.2 Å². The Morgan fingerprint density at radius 1 is 1.22 bits per heavy atom. The van der Waals surface area contributed by atoms with Gasteiger partial charge in [-0.15, -0.1) is 0 Å². The molecule has 0 aliphatic heterocycles. The Kier molecular flexibility index (Phi) is 7.79. The van der Waals surface area contributed by atoms with Gasteiger partial charge in [-0.2, -0.15) is 0 Å². The molecule has 0 saturated heterocycles. The van der Waals surface area contributed by atoms with Crippen molar-refractivity contribution in [3.8, 4) is 0 Å². The Morgan fingerprint density at radius 2 is 1.89 bits per heavy atom. The Labute approximate surface area is 167 Å². The summed E-state index contributed by atoms with van der Waals surface area (Å²) in [5.74, 6) is 0.760. The fraction of sp³-hybridized carbons (Fsp3) is 0.783. The van der Waals surface area contributed by atoms with Crippen molar-refractivity contribution in [1.29, 1.82) is 0 Å². The lowest BCUT2D eigenvalue weighted by Gasteiger charge is -2.34. The number of carbonyl (C=O) groups excluding carboxylic acids is 1. The number of carbonyl (C=O) groups is 1. The number of hydrogen-bond acceptors (Lipinski definition) is 3. The van der Waals surface area contributed by atoms with Crippen molar-refractivity contribution in [3.05, 3.63) is 17.9 Å². The number of furan rings is 1. The van der Waals surface area contributed by atoms with Gasteiger partial charge in [0.05, 0.1) is 11.6 Å². The van der Waals surface area contributed by atoms with Gasteiger partial charge in [-0.1, -0.05) is 78.8 Å². The molecule has 1 aromatic heterocycles. The smallest absolute Gasteiger partial charge is 0.303 e. The van der Waals surface area contributed by atoms with Crippen LogP contribution in [-0.4, -0.2) is 14.0 Å². The molecule has 1 atom stereocenters. The molecule has 1 unspecified atom stereocenters. The molecule has 1 aliphatic rings. The minimum atomic E-state index is -1.71. The first kappa shape index (κ1) is 22.3. The zero-order valence-electron chi connectivity index (χ0n) is 18.4. The normalized spacial score (nSPS) is 17.3. The van der Waals surface area contributed by atoms with Crippen LogP contribution in [-0.2, 0) is 9.53 Å². The van der Waals surface area contributed by atoms with E-state index < -0.39 is 8.07 Å². The molecular formula is C23H40O3Si. The first-order valence-electron chi connectivity index (χ1n) is 10.9. The summed E-state index contributed by atoms with van der Waals surface area (Å²) in [7, 11) is -1.71. The molecule has 0 N–H and O–H groups in total. The lowest BCUT2D eigenvalue weighted by Crippen LogP contribution is -2.48. The van der Waals surface area contributed by atoms with Crippen LogP contribution in [0.15, 0.2) is 16.7 Å². The van der Waals surface area contributed by atoms with Crippen LogP contribution in [0.5, 0.6) is 0 Å². The van der Waals surface area contributed by atoms with Gasteiger partial charge in [-0.25, -0.2) is 0 Å². The lowest BCUT2D eigenvalue weighted by atomic mass is 9.98. The standard InChI is InChI=1S/C23H40O3Si/c1-18(24)26-21(15-9-7-8-12-19-13-10-11-14-19)20-16-22(25-17-20)27(5,6)23(2,3)4/h16-17,19,21H,7-15H2,1-6H3. The van der Waals surface area contributed by atoms with Crippen molar-refractivity contribution < 1.29 is 13.9 Å². The predicted molar refractivity (Wildman–Crippen MR) is 115 cm³/mol.